The molecule has 3 aromatic heterocycles. The first-order valence-electron chi connectivity index (χ1n) is 10.3. The molecule has 1 aromatic carbocycles. The molecular formula is C23H27N5. The molecule has 144 valence electrons. The van der Waals surface area contributed by atoms with Crippen molar-refractivity contribution >= 4 is 21.9 Å². The number of hydrogen-bond acceptors (Lipinski definition) is 3. The van der Waals surface area contributed by atoms with Gasteiger partial charge in [0, 0.05) is 35.1 Å². The van der Waals surface area contributed by atoms with Crippen LogP contribution in [0.25, 0.3) is 33.2 Å². The summed E-state index contributed by atoms with van der Waals surface area (Å²) in [5.74, 6) is 1.09. The summed E-state index contributed by atoms with van der Waals surface area (Å²) in [5, 5.41) is 10.2. The van der Waals surface area contributed by atoms with Crippen LogP contribution in [-0.4, -0.2) is 32.8 Å². The van der Waals surface area contributed by atoms with E-state index in [2.05, 4.69) is 58.5 Å². The highest BCUT2D eigenvalue weighted by molar-refractivity contribution is 5.93. The summed E-state index contributed by atoms with van der Waals surface area (Å²) in [6.45, 7) is 6.79. The Hall–Kier alpha value is -2.66. The lowest BCUT2D eigenvalue weighted by atomic mass is 9.88. The highest BCUT2D eigenvalue weighted by atomic mass is 15.3. The minimum Gasteiger partial charge on any atom is -0.354 e. The Balaban J connectivity index is 1.66. The van der Waals surface area contributed by atoms with Crippen LogP contribution in [0.15, 0.2) is 36.7 Å². The van der Waals surface area contributed by atoms with Crippen LogP contribution < -0.4 is 5.32 Å². The highest BCUT2D eigenvalue weighted by Gasteiger charge is 2.20. The number of aromatic amines is 1. The summed E-state index contributed by atoms with van der Waals surface area (Å²) in [7, 11) is 1.93. The molecule has 5 rings (SSSR count). The van der Waals surface area contributed by atoms with Crippen molar-refractivity contribution in [3.63, 3.8) is 0 Å². The molecule has 1 fully saturated rings. The molecule has 0 unspecified atom stereocenters. The van der Waals surface area contributed by atoms with Gasteiger partial charge < -0.3 is 10.3 Å². The Kier molecular flexibility index (Phi) is 4.20. The average Bonchev–Trinajstić information content (AvgIpc) is 3.28. The van der Waals surface area contributed by atoms with E-state index < -0.39 is 0 Å². The SMILES string of the molecule is CC(C)c1c(-c2cnc3c(cnn3C)c2)[nH]c2ccc(C3CCNCC3)cc12. The molecule has 0 radical (unpaired) electrons. The minimum absolute atomic E-state index is 0.427. The first kappa shape index (κ1) is 17.4. The summed E-state index contributed by atoms with van der Waals surface area (Å²) in [6, 6.07) is 9.19. The fraction of sp³-hybridized carbons (Fsp3) is 0.391. The number of H-pyrrole nitrogens is 1. The Morgan fingerprint density at radius 2 is 1.93 bits per heavy atom. The van der Waals surface area contributed by atoms with Crippen molar-refractivity contribution in [3.05, 3.63) is 47.8 Å². The first-order chi connectivity index (χ1) is 13.6. The van der Waals surface area contributed by atoms with E-state index in [4.69, 9.17) is 0 Å². The lowest BCUT2D eigenvalue weighted by molar-refractivity contribution is 0.460. The fourth-order valence-corrected chi connectivity index (χ4v) is 4.65. The maximum atomic E-state index is 4.65. The number of benzene rings is 1. The number of aryl methyl sites for hydroxylation is 1. The summed E-state index contributed by atoms with van der Waals surface area (Å²) >= 11 is 0. The van der Waals surface area contributed by atoms with E-state index in [9.17, 15) is 0 Å². The molecule has 5 heteroatoms. The van der Waals surface area contributed by atoms with Gasteiger partial charge in [-0.1, -0.05) is 19.9 Å². The van der Waals surface area contributed by atoms with E-state index in [1.54, 1.807) is 0 Å². The quantitative estimate of drug-likeness (QED) is 0.547. The van der Waals surface area contributed by atoms with Gasteiger partial charge in [-0.2, -0.15) is 5.10 Å². The second kappa shape index (κ2) is 6.74. The monoisotopic (exact) mass is 373 g/mol. The van der Waals surface area contributed by atoms with E-state index in [0.29, 0.717) is 11.8 Å². The van der Waals surface area contributed by atoms with Crippen LogP contribution in [0.5, 0.6) is 0 Å². The predicted octanol–water partition coefficient (Wildman–Crippen LogP) is 4.71. The standard InChI is InChI=1S/C23H27N5/c1-14(2)21-19-11-16(15-6-8-24-9-7-15)4-5-20(19)27-22(21)17-10-18-13-26-28(3)23(18)25-12-17/h4-5,10-15,24,27H,6-9H2,1-3H3. The van der Waals surface area contributed by atoms with E-state index in [0.717, 1.165) is 29.7 Å². The highest BCUT2D eigenvalue weighted by Crippen LogP contribution is 2.38. The molecule has 0 bridgehead atoms. The lowest BCUT2D eigenvalue weighted by Crippen LogP contribution is -2.26. The number of fused-ring (bicyclic) bond motifs is 2. The van der Waals surface area contributed by atoms with Crippen LogP contribution in [0.4, 0.5) is 0 Å². The van der Waals surface area contributed by atoms with Crippen molar-refractivity contribution in [2.45, 2.75) is 38.5 Å². The molecule has 1 aliphatic heterocycles. The van der Waals surface area contributed by atoms with Gasteiger partial charge in [0.2, 0.25) is 0 Å². The van der Waals surface area contributed by atoms with Crippen molar-refractivity contribution in [1.29, 1.82) is 0 Å². The van der Waals surface area contributed by atoms with Gasteiger partial charge in [-0.15, -0.1) is 0 Å². The van der Waals surface area contributed by atoms with Gasteiger partial charge in [0.1, 0.15) is 0 Å². The van der Waals surface area contributed by atoms with Gasteiger partial charge >= 0.3 is 0 Å². The molecule has 0 spiro atoms. The maximum Gasteiger partial charge on any atom is 0.157 e. The van der Waals surface area contributed by atoms with Gasteiger partial charge in [-0.25, -0.2) is 4.98 Å². The number of nitrogens with one attached hydrogen (secondary N) is 2. The molecule has 1 saturated heterocycles. The fourth-order valence-electron chi connectivity index (χ4n) is 4.65. The van der Waals surface area contributed by atoms with E-state index in [1.807, 2.05) is 24.1 Å². The van der Waals surface area contributed by atoms with Crippen LogP contribution in [0.1, 0.15) is 49.7 Å². The van der Waals surface area contributed by atoms with Crippen LogP contribution in [-0.2, 0) is 7.05 Å². The molecule has 5 nitrogen and oxygen atoms in total. The smallest absolute Gasteiger partial charge is 0.157 e. The topological polar surface area (TPSA) is 58.5 Å². The summed E-state index contributed by atoms with van der Waals surface area (Å²) < 4.78 is 1.82. The normalized spacial score (nSPS) is 15.9. The summed E-state index contributed by atoms with van der Waals surface area (Å²) in [5.41, 5.74) is 7.30. The van der Waals surface area contributed by atoms with Crippen LogP contribution in [0, 0.1) is 0 Å². The van der Waals surface area contributed by atoms with Gasteiger partial charge in [-0.3, -0.25) is 4.68 Å². The zero-order chi connectivity index (χ0) is 19.3. The Bertz CT molecular complexity index is 1140. The largest absolute Gasteiger partial charge is 0.354 e. The molecule has 0 saturated carbocycles. The van der Waals surface area contributed by atoms with Gasteiger partial charge in [0.25, 0.3) is 0 Å². The molecule has 4 heterocycles. The van der Waals surface area contributed by atoms with Gasteiger partial charge in [0.05, 0.1) is 11.9 Å². The number of nitrogens with zero attached hydrogens (tertiary/aromatic N) is 3. The Morgan fingerprint density at radius 1 is 1.11 bits per heavy atom. The van der Waals surface area contributed by atoms with E-state index >= 15 is 0 Å². The third kappa shape index (κ3) is 2.81. The van der Waals surface area contributed by atoms with Gasteiger partial charge in [-0.05, 0) is 67.1 Å². The average molecular weight is 374 g/mol. The van der Waals surface area contributed by atoms with Crippen molar-refractivity contribution in [2.75, 3.05) is 13.1 Å². The molecule has 0 atom stereocenters. The second-order valence-corrected chi connectivity index (χ2v) is 8.30. The molecule has 28 heavy (non-hydrogen) atoms. The van der Waals surface area contributed by atoms with E-state index in [1.165, 1.54) is 40.6 Å². The summed E-state index contributed by atoms with van der Waals surface area (Å²) in [4.78, 5) is 8.34. The van der Waals surface area contributed by atoms with Crippen molar-refractivity contribution in [2.24, 2.45) is 7.05 Å². The molecule has 0 aliphatic carbocycles. The Labute approximate surface area is 165 Å². The molecule has 2 N–H and O–H groups in total. The number of rotatable bonds is 3. The van der Waals surface area contributed by atoms with E-state index in [-0.39, 0.29) is 0 Å². The van der Waals surface area contributed by atoms with Crippen molar-refractivity contribution in [1.82, 2.24) is 25.1 Å². The Morgan fingerprint density at radius 3 is 2.71 bits per heavy atom. The number of hydrogen-bond donors (Lipinski definition) is 2. The number of pyridine rings is 1. The zero-order valence-corrected chi connectivity index (χ0v) is 16.8. The second-order valence-electron chi connectivity index (χ2n) is 8.30. The number of piperidine rings is 1. The zero-order valence-electron chi connectivity index (χ0n) is 16.8. The third-order valence-corrected chi connectivity index (χ3v) is 6.11. The molecule has 1 aliphatic rings. The number of aromatic nitrogens is 4. The third-order valence-electron chi connectivity index (χ3n) is 6.11. The minimum atomic E-state index is 0.427. The van der Waals surface area contributed by atoms with Crippen molar-refractivity contribution in [3.8, 4) is 11.3 Å². The molecular weight excluding hydrogens is 346 g/mol. The predicted molar refractivity (Wildman–Crippen MR) is 115 cm³/mol. The lowest BCUT2D eigenvalue weighted by Gasteiger charge is -2.23. The maximum absolute atomic E-state index is 4.65. The van der Waals surface area contributed by atoms with Crippen LogP contribution >= 0.6 is 0 Å². The van der Waals surface area contributed by atoms with Crippen LogP contribution in [0.3, 0.4) is 0 Å². The van der Waals surface area contributed by atoms with Gasteiger partial charge in [0.15, 0.2) is 5.65 Å². The summed E-state index contributed by atoms with van der Waals surface area (Å²) in [6.07, 6.45) is 6.30. The molecule has 0 amide bonds. The van der Waals surface area contributed by atoms with Crippen LogP contribution in [0.2, 0.25) is 0 Å². The van der Waals surface area contributed by atoms with Crippen molar-refractivity contribution < 1.29 is 0 Å². The first-order valence-corrected chi connectivity index (χ1v) is 10.3. The molecule has 4 aromatic rings.